The maximum atomic E-state index is 4.69. The molecule has 0 saturated heterocycles. The molecule has 5 nitrogen and oxygen atoms in total. The third-order valence-electron chi connectivity index (χ3n) is 4.36. The van der Waals surface area contributed by atoms with E-state index in [1.54, 1.807) is 4.52 Å². The molecule has 0 spiro atoms. The fourth-order valence-electron chi connectivity index (χ4n) is 3.07. The Labute approximate surface area is 152 Å². The minimum Gasteiger partial charge on any atom is -0.340 e. The van der Waals surface area contributed by atoms with Crippen LogP contribution in [0.5, 0.6) is 0 Å². The molecule has 0 atom stereocenters. The van der Waals surface area contributed by atoms with Crippen LogP contribution in [0.3, 0.4) is 0 Å². The Morgan fingerprint density at radius 1 is 0.846 bits per heavy atom. The highest BCUT2D eigenvalue weighted by atomic mass is 15.4. The maximum Gasteiger partial charge on any atom is 0.254 e. The fourth-order valence-corrected chi connectivity index (χ4v) is 3.07. The van der Waals surface area contributed by atoms with Gasteiger partial charge in [-0.25, -0.2) is 4.98 Å². The van der Waals surface area contributed by atoms with Crippen molar-refractivity contribution in [2.75, 3.05) is 5.32 Å². The molecular weight excluding hydrogens is 322 g/mol. The van der Waals surface area contributed by atoms with Gasteiger partial charge in [0.25, 0.3) is 5.78 Å². The van der Waals surface area contributed by atoms with Gasteiger partial charge in [-0.15, -0.1) is 5.10 Å². The van der Waals surface area contributed by atoms with Crippen LogP contribution < -0.4 is 5.32 Å². The van der Waals surface area contributed by atoms with Gasteiger partial charge < -0.3 is 5.32 Å². The number of hydrogen-bond donors (Lipinski definition) is 1. The predicted octanol–water partition coefficient (Wildman–Crippen LogP) is 4.77. The van der Waals surface area contributed by atoms with Crippen molar-refractivity contribution >= 4 is 17.3 Å². The first-order chi connectivity index (χ1) is 12.5. The highest BCUT2D eigenvalue weighted by molar-refractivity contribution is 5.64. The Kier molecular flexibility index (Phi) is 3.92. The summed E-state index contributed by atoms with van der Waals surface area (Å²) < 4.78 is 1.77. The minimum atomic E-state index is 0.591. The first-order valence-corrected chi connectivity index (χ1v) is 8.65. The molecule has 0 aliphatic heterocycles. The molecule has 0 aliphatic carbocycles. The van der Waals surface area contributed by atoms with Crippen molar-refractivity contribution in [2.24, 2.45) is 0 Å². The summed E-state index contributed by atoms with van der Waals surface area (Å²) in [4.78, 5) is 9.16. The molecule has 0 fully saturated rings. The van der Waals surface area contributed by atoms with E-state index in [4.69, 9.17) is 0 Å². The van der Waals surface area contributed by atoms with Crippen LogP contribution in [0.15, 0.2) is 48.5 Å². The Morgan fingerprint density at radius 2 is 1.65 bits per heavy atom. The van der Waals surface area contributed by atoms with Crippen molar-refractivity contribution in [1.82, 2.24) is 19.6 Å². The number of aryl methyl sites for hydroxylation is 4. The topological polar surface area (TPSA) is 55.1 Å². The number of nitrogens with one attached hydrogen (secondary N) is 1. The normalized spacial score (nSPS) is 11.1. The average molecular weight is 343 g/mol. The van der Waals surface area contributed by atoms with E-state index in [-0.39, 0.29) is 0 Å². The molecule has 0 radical (unpaired) electrons. The molecule has 130 valence electrons. The van der Waals surface area contributed by atoms with Crippen LogP contribution in [-0.2, 0) is 0 Å². The highest BCUT2D eigenvalue weighted by Crippen LogP contribution is 2.24. The van der Waals surface area contributed by atoms with Crippen molar-refractivity contribution in [3.63, 3.8) is 0 Å². The Balaban J connectivity index is 1.82. The number of rotatable bonds is 3. The van der Waals surface area contributed by atoms with E-state index in [9.17, 15) is 0 Å². The molecule has 4 rings (SSSR count). The van der Waals surface area contributed by atoms with Gasteiger partial charge in [0, 0.05) is 23.0 Å². The zero-order chi connectivity index (χ0) is 18.3. The lowest BCUT2D eigenvalue weighted by Crippen LogP contribution is -2.03. The second kappa shape index (κ2) is 6.26. The molecule has 4 aromatic rings. The molecule has 2 aromatic carbocycles. The number of nitrogens with zero attached hydrogens (tertiary/aromatic N) is 4. The molecule has 2 aromatic heterocycles. The van der Waals surface area contributed by atoms with Crippen LogP contribution in [0, 0.1) is 27.7 Å². The van der Waals surface area contributed by atoms with Crippen molar-refractivity contribution < 1.29 is 0 Å². The van der Waals surface area contributed by atoms with Crippen LogP contribution in [0.25, 0.3) is 17.2 Å². The van der Waals surface area contributed by atoms with Crippen LogP contribution in [-0.4, -0.2) is 19.6 Å². The van der Waals surface area contributed by atoms with Gasteiger partial charge in [-0.05, 0) is 45.4 Å². The summed E-state index contributed by atoms with van der Waals surface area (Å²) in [6.07, 6.45) is 0. The zero-order valence-corrected chi connectivity index (χ0v) is 15.4. The summed E-state index contributed by atoms with van der Waals surface area (Å²) in [6.45, 7) is 8.22. The van der Waals surface area contributed by atoms with Crippen LogP contribution in [0.1, 0.15) is 22.4 Å². The van der Waals surface area contributed by atoms with Gasteiger partial charge >= 0.3 is 0 Å². The van der Waals surface area contributed by atoms with Crippen molar-refractivity contribution in [3.05, 3.63) is 70.9 Å². The number of fused-ring (bicyclic) bond motifs is 1. The zero-order valence-electron chi connectivity index (χ0n) is 15.4. The van der Waals surface area contributed by atoms with Crippen LogP contribution >= 0.6 is 0 Å². The Bertz CT molecular complexity index is 1110. The smallest absolute Gasteiger partial charge is 0.254 e. The van der Waals surface area contributed by atoms with Crippen molar-refractivity contribution in [1.29, 1.82) is 0 Å². The third-order valence-corrected chi connectivity index (χ3v) is 4.36. The van der Waals surface area contributed by atoms with Crippen LogP contribution in [0.4, 0.5) is 11.5 Å². The summed E-state index contributed by atoms with van der Waals surface area (Å²) >= 11 is 0. The predicted molar refractivity (Wildman–Crippen MR) is 105 cm³/mol. The second-order valence-corrected chi connectivity index (χ2v) is 6.74. The first-order valence-electron chi connectivity index (χ1n) is 8.65. The molecule has 0 saturated carbocycles. The number of hydrogen-bond acceptors (Lipinski definition) is 4. The van der Waals surface area contributed by atoms with Gasteiger partial charge in [0.15, 0.2) is 5.82 Å². The summed E-state index contributed by atoms with van der Waals surface area (Å²) in [7, 11) is 0. The van der Waals surface area contributed by atoms with E-state index < -0.39 is 0 Å². The molecule has 0 unspecified atom stereocenters. The Hall–Kier alpha value is -3.21. The summed E-state index contributed by atoms with van der Waals surface area (Å²) in [5.74, 6) is 2.12. The number of aromatic nitrogens is 4. The van der Waals surface area contributed by atoms with E-state index in [2.05, 4.69) is 71.5 Å². The summed E-state index contributed by atoms with van der Waals surface area (Å²) in [5.41, 5.74) is 6.55. The molecule has 26 heavy (non-hydrogen) atoms. The highest BCUT2D eigenvalue weighted by Gasteiger charge is 2.12. The number of benzene rings is 2. The van der Waals surface area contributed by atoms with E-state index in [1.807, 2.05) is 25.1 Å². The van der Waals surface area contributed by atoms with E-state index >= 15 is 0 Å². The van der Waals surface area contributed by atoms with E-state index in [1.165, 1.54) is 16.7 Å². The summed E-state index contributed by atoms with van der Waals surface area (Å²) in [6, 6.07) is 16.5. The lowest BCUT2D eigenvalue weighted by atomic mass is 10.1. The van der Waals surface area contributed by atoms with Gasteiger partial charge in [-0.3, -0.25) is 0 Å². The minimum absolute atomic E-state index is 0.591. The van der Waals surface area contributed by atoms with Gasteiger partial charge in [0.05, 0.1) is 0 Å². The molecular formula is C21H21N5. The average Bonchev–Trinajstić information content (AvgIpc) is 3.01. The molecule has 2 heterocycles. The molecule has 0 amide bonds. The lowest BCUT2D eigenvalue weighted by molar-refractivity contribution is 0.939. The van der Waals surface area contributed by atoms with E-state index in [0.717, 1.165) is 22.8 Å². The third kappa shape index (κ3) is 3.04. The van der Waals surface area contributed by atoms with E-state index in [0.29, 0.717) is 11.6 Å². The lowest BCUT2D eigenvalue weighted by Gasteiger charge is -2.11. The standard InChI is InChI=1S/C21H21N5/c1-13-6-5-7-17(11-13)20-24-21-22-16(4)12-19(26(21)25-20)23-18-9-8-14(2)10-15(18)3/h5-12,23H,1-4H3. The largest absolute Gasteiger partial charge is 0.340 e. The van der Waals surface area contributed by atoms with Crippen molar-refractivity contribution in [3.8, 4) is 11.4 Å². The van der Waals surface area contributed by atoms with Gasteiger partial charge in [0.1, 0.15) is 5.82 Å². The van der Waals surface area contributed by atoms with Crippen LogP contribution in [0.2, 0.25) is 0 Å². The van der Waals surface area contributed by atoms with Gasteiger partial charge in [-0.2, -0.15) is 9.50 Å². The number of anilines is 2. The van der Waals surface area contributed by atoms with Gasteiger partial charge in [-0.1, -0.05) is 41.5 Å². The Morgan fingerprint density at radius 3 is 2.42 bits per heavy atom. The monoisotopic (exact) mass is 343 g/mol. The molecule has 0 bridgehead atoms. The molecule has 0 aliphatic rings. The maximum absolute atomic E-state index is 4.69. The van der Waals surface area contributed by atoms with Crippen molar-refractivity contribution in [2.45, 2.75) is 27.7 Å². The quantitative estimate of drug-likeness (QED) is 0.582. The summed E-state index contributed by atoms with van der Waals surface area (Å²) in [5, 5.41) is 8.17. The van der Waals surface area contributed by atoms with Gasteiger partial charge in [0.2, 0.25) is 0 Å². The fraction of sp³-hybridized carbons (Fsp3) is 0.190. The molecule has 5 heteroatoms. The second-order valence-electron chi connectivity index (χ2n) is 6.74. The molecule has 1 N–H and O–H groups in total. The SMILES string of the molecule is Cc1cccc(-c2nc3nc(C)cc(Nc4ccc(C)cc4C)n3n2)c1. The first kappa shape index (κ1) is 16.3.